The van der Waals surface area contributed by atoms with Gasteiger partial charge in [0.15, 0.2) is 0 Å². The van der Waals surface area contributed by atoms with E-state index >= 15 is 0 Å². The fourth-order valence-electron chi connectivity index (χ4n) is 1.79. The number of benzene rings is 2. The topological polar surface area (TPSA) is 121 Å². The molecule has 0 bridgehead atoms. The zero-order valence-corrected chi connectivity index (χ0v) is 12.7. The number of hydrogen-bond donors (Lipinski definition) is 2. The van der Waals surface area contributed by atoms with Crippen molar-refractivity contribution in [1.82, 2.24) is 0 Å². The first kappa shape index (κ1) is 17.2. The molecule has 2 aromatic carbocycles. The van der Waals surface area contributed by atoms with Gasteiger partial charge in [0.05, 0.1) is 16.3 Å². The Kier molecular flexibility index (Phi) is 6.09. The third-order valence-corrected chi connectivity index (χ3v) is 3.03. The van der Waals surface area contributed by atoms with E-state index in [0.29, 0.717) is 29.9 Å². The Morgan fingerprint density at radius 2 is 1.75 bits per heavy atom. The number of azo groups is 1. The fourth-order valence-corrected chi connectivity index (χ4v) is 1.79. The third-order valence-electron chi connectivity index (χ3n) is 3.03. The Morgan fingerprint density at radius 1 is 1.08 bits per heavy atom. The second kappa shape index (κ2) is 8.49. The number of non-ortho nitro benzene ring substituents is 1. The van der Waals surface area contributed by atoms with Crippen molar-refractivity contribution in [3.8, 4) is 5.75 Å². The molecule has 2 rings (SSSR count). The molecule has 0 saturated carbocycles. The van der Waals surface area contributed by atoms with Gasteiger partial charge in [-0.2, -0.15) is 10.2 Å². The Hall–Kier alpha value is -3.13. The lowest BCUT2D eigenvalue weighted by atomic mass is 10.2. The van der Waals surface area contributed by atoms with Gasteiger partial charge in [0.1, 0.15) is 5.75 Å². The molecule has 0 amide bonds. The number of aliphatic imine (C=N–C) groups is 1. The largest absolute Gasteiger partial charge is 0.507 e. The van der Waals surface area contributed by atoms with Crippen LogP contribution < -0.4 is 0 Å². The van der Waals surface area contributed by atoms with Crippen LogP contribution in [0, 0.1) is 10.1 Å². The monoisotopic (exact) mass is 328 g/mol. The molecule has 0 aliphatic carbocycles. The number of aromatic hydroxyl groups is 1. The summed E-state index contributed by atoms with van der Waals surface area (Å²) in [6.07, 6.45) is 2.06. The molecule has 0 spiro atoms. The number of rotatable bonds is 7. The quantitative estimate of drug-likeness (QED) is 0.265. The number of aliphatic hydroxyl groups is 1. The maximum atomic E-state index is 10.6. The van der Waals surface area contributed by atoms with Gasteiger partial charge < -0.3 is 10.2 Å². The van der Waals surface area contributed by atoms with Gasteiger partial charge in [-0.3, -0.25) is 15.1 Å². The molecule has 0 saturated heterocycles. The van der Waals surface area contributed by atoms with E-state index in [1.165, 1.54) is 36.5 Å². The lowest BCUT2D eigenvalue weighted by Gasteiger charge is -2.00. The van der Waals surface area contributed by atoms with Crippen molar-refractivity contribution >= 4 is 23.3 Å². The highest BCUT2D eigenvalue weighted by atomic mass is 16.6. The second-order valence-corrected chi connectivity index (χ2v) is 4.83. The van der Waals surface area contributed by atoms with E-state index in [4.69, 9.17) is 5.11 Å². The van der Waals surface area contributed by atoms with Crippen molar-refractivity contribution in [3.63, 3.8) is 0 Å². The van der Waals surface area contributed by atoms with Crippen LogP contribution in [0.4, 0.5) is 17.1 Å². The molecule has 124 valence electrons. The fraction of sp³-hybridized carbons (Fsp3) is 0.188. The van der Waals surface area contributed by atoms with Crippen LogP contribution in [0.5, 0.6) is 5.75 Å². The van der Waals surface area contributed by atoms with Crippen molar-refractivity contribution in [3.05, 3.63) is 58.1 Å². The van der Waals surface area contributed by atoms with Gasteiger partial charge in [-0.15, -0.1) is 0 Å². The van der Waals surface area contributed by atoms with Crippen molar-refractivity contribution in [2.75, 3.05) is 13.2 Å². The molecule has 0 fully saturated rings. The Morgan fingerprint density at radius 3 is 2.42 bits per heavy atom. The van der Waals surface area contributed by atoms with E-state index in [2.05, 4.69) is 15.2 Å². The summed E-state index contributed by atoms with van der Waals surface area (Å²) in [5, 5.41) is 37.1. The standard InChI is InChI=1S/C16H16N4O4/c21-9-1-8-17-11-12-10-14(4-7-16(12)22)19-18-13-2-5-15(6-3-13)20(23)24/h2-7,10-11,21-22H,1,8-9H2. The Balaban J connectivity index is 2.11. The first-order valence-corrected chi connectivity index (χ1v) is 7.20. The van der Waals surface area contributed by atoms with E-state index in [-0.39, 0.29) is 18.0 Å². The molecule has 0 radical (unpaired) electrons. The molecular weight excluding hydrogens is 312 g/mol. The van der Waals surface area contributed by atoms with Gasteiger partial charge in [0.25, 0.3) is 5.69 Å². The first-order chi connectivity index (χ1) is 11.6. The number of nitro groups is 1. The maximum Gasteiger partial charge on any atom is 0.269 e. The summed E-state index contributed by atoms with van der Waals surface area (Å²) in [7, 11) is 0. The van der Waals surface area contributed by atoms with Crippen LogP contribution in [0.1, 0.15) is 12.0 Å². The normalized spacial score (nSPS) is 11.4. The zero-order chi connectivity index (χ0) is 17.4. The molecule has 24 heavy (non-hydrogen) atoms. The molecule has 0 aliphatic heterocycles. The highest BCUT2D eigenvalue weighted by Gasteiger charge is 2.03. The minimum absolute atomic E-state index is 0.0139. The van der Waals surface area contributed by atoms with Crippen LogP contribution in [0.3, 0.4) is 0 Å². The molecule has 0 atom stereocenters. The SMILES string of the molecule is O=[N+]([O-])c1ccc(N=Nc2ccc(O)c(C=NCCCO)c2)cc1. The van der Waals surface area contributed by atoms with Gasteiger partial charge in [-0.25, -0.2) is 0 Å². The maximum absolute atomic E-state index is 10.6. The molecule has 2 N–H and O–H groups in total. The summed E-state index contributed by atoms with van der Waals surface area (Å²) >= 11 is 0. The first-order valence-electron chi connectivity index (χ1n) is 7.20. The molecule has 0 aromatic heterocycles. The van der Waals surface area contributed by atoms with E-state index in [1.807, 2.05) is 0 Å². The molecule has 0 aliphatic rings. The van der Waals surface area contributed by atoms with Crippen molar-refractivity contribution < 1.29 is 15.1 Å². The minimum Gasteiger partial charge on any atom is -0.507 e. The van der Waals surface area contributed by atoms with Crippen LogP contribution in [0.15, 0.2) is 57.7 Å². The summed E-state index contributed by atoms with van der Waals surface area (Å²) in [6, 6.07) is 10.4. The van der Waals surface area contributed by atoms with Gasteiger partial charge in [-0.05, 0) is 36.8 Å². The van der Waals surface area contributed by atoms with Crippen LogP contribution >= 0.6 is 0 Å². The van der Waals surface area contributed by atoms with Crippen LogP contribution in [0.25, 0.3) is 0 Å². The smallest absolute Gasteiger partial charge is 0.269 e. The van der Waals surface area contributed by atoms with Gasteiger partial charge in [0, 0.05) is 37.1 Å². The molecule has 8 nitrogen and oxygen atoms in total. The average Bonchev–Trinajstić information content (AvgIpc) is 2.59. The summed E-state index contributed by atoms with van der Waals surface area (Å²) < 4.78 is 0. The average molecular weight is 328 g/mol. The minimum atomic E-state index is -0.483. The highest BCUT2D eigenvalue weighted by Crippen LogP contribution is 2.25. The summed E-state index contributed by atoms with van der Waals surface area (Å²) in [4.78, 5) is 14.2. The second-order valence-electron chi connectivity index (χ2n) is 4.83. The van der Waals surface area contributed by atoms with Crippen molar-refractivity contribution in [2.45, 2.75) is 6.42 Å². The third kappa shape index (κ3) is 4.96. The highest BCUT2D eigenvalue weighted by molar-refractivity contribution is 5.84. The number of phenols is 1. The van der Waals surface area contributed by atoms with Gasteiger partial charge in [-0.1, -0.05) is 0 Å². The molecule has 0 unspecified atom stereocenters. The number of hydrogen-bond acceptors (Lipinski definition) is 7. The Labute approximate surface area is 138 Å². The molecular formula is C16H16N4O4. The lowest BCUT2D eigenvalue weighted by molar-refractivity contribution is -0.384. The van der Waals surface area contributed by atoms with E-state index < -0.39 is 4.92 Å². The number of aliphatic hydroxyl groups excluding tert-OH is 1. The number of nitrogens with zero attached hydrogens (tertiary/aromatic N) is 4. The number of phenolic OH excluding ortho intramolecular Hbond substituents is 1. The van der Waals surface area contributed by atoms with Crippen LogP contribution in [-0.4, -0.2) is 34.5 Å². The number of nitro benzene ring substituents is 1. The van der Waals surface area contributed by atoms with E-state index in [0.717, 1.165) is 0 Å². The predicted octanol–water partition coefficient (Wildman–Crippen LogP) is 3.52. The lowest BCUT2D eigenvalue weighted by Crippen LogP contribution is -1.89. The van der Waals surface area contributed by atoms with Crippen LogP contribution in [-0.2, 0) is 0 Å². The van der Waals surface area contributed by atoms with Gasteiger partial charge >= 0.3 is 0 Å². The van der Waals surface area contributed by atoms with E-state index in [9.17, 15) is 15.2 Å². The zero-order valence-electron chi connectivity index (χ0n) is 12.7. The Bertz CT molecular complexity index is 757. The predicted molar refractivity (Wildman–Crippen MR) is 89.5 cm³/mol. The van der Waals surface area contributed by atoms with Crippen molar-refractivity contribution in [2.24, 2.45) is 15.2 Å². The van der Waals surface area contributed by atoms with E-state index in [1.54, 1.807) is 12.1 Å². The summed E-state index contributed by atoms with van der Waals surface area (Å²) in [5.41, 5.74) is 1.47. The summed E-state index contributed by atoms with van der Waals surface area (Å²) in [6.45, 7) is 0.525. The molecule has 8 heteroatoms. The van der Waals surface area contributed by atoms with Crippen molar-refractivity contribution in [1.29, 1.82) is 0 Å². The summed E-state index contributed by atoms with van der Waals surface area (Å²) in [5.74, 6) is 0.0667. The van der Waals surface area contributed by atoms with Gasteiger partial charge in [0.2, 0.25) is 0 Å². The molecule has 2 aromatic rings. The molecule has 0 heterocycles. The van der Waals surface area contributed by atoms with Crippen LogP contribution in [0.2, 0.25) is 0 Å².